The van der Waals surface area contributed by atoms with Crippen molar-refractivity contribution in [2.75, 3.05) is 0 Å². The van der Waals surface area contributed by atoms with E-state index >= 15 is 0 Å². The van der Waals surface area contributed by atoms with Crippen molar-refractivity contribution in [2.24, 2.45) is 0 Å². The molecular formula is C20H19N5O2. The van der Waals surface area contributed by atoms with Crippen LogP contribution in [0.5, 0.6) is 0 Å². The Balaban J connectivity index is 1.30. The second-order valence-electron chi connectivity index (χ2n) is 6.36. The molecule has 0 spiro atoms. The van der Waals surface area contributed by atoms with Crippen LogP contribution < -0.4 is 10.9 Å². The molecular weight excluding hydrogens is 342 g/mol. The van der Waals surface area contributed by atoms with Gasteiger partial charge in [-0.3, -0.25) is 9.59 Å². The average molecular weight is 361 g/mol. The summed E-state index contributed by atoms with van der Waals surface area (Å²) in [7, 11) is 0. The standard InChI is InChI=1S/C20H19N5O2/c26-19(21-12-18-23-15-8-3-4-9-16(15)24-18)11-5-10-17-22-14-7-2-1-6-13(14)20(27)25-17/h1-4,6-9H,5,10-12H2,(H,21,26)(H,23,24)(H,22,25,27). The van der Waals surface area contributed by atoms with Gasteiger partial charge in [0, 0.05) is 12.8 Å². The van der Waals surface area contributed by atoms with Crippen molar-refractivity contribution >= 4 is 27.8 Å². The van der Waals surface area contributed by atoms with Gasteiger partial charge in [-0.2, -0.15) is 0 Å². The molecule has 0 radical (unpaired) electrons. The van der Waals surface area contributed by atoms with Crippen molar-refractivity contribution in [3.05, 3.63) is 70.5 Å². The lowest BCUT2D eigenvalue weighted by Crippen LogP contribution is -2.23. The molecule has 27 heavy (non-hydrogen) atoms. The van der Waals surface area contributed by atoms with Crippen molar-refractivity contribution in [3.63, 3.8) is 0 Å². The summed E-state index contributed by atoms with van der Waals surface area (Å²) in [5, 5.41) is 3.44. The Morgan fingerprint density at radius 3 is 2.52 bits per heavy atom. The maximum absolute atomic E-state index is 12.1. The predicted molar refractivity (Wildman–Crippen MR) is 103 cm³/mol. The molecule has 0 saturated carbocycles. The number of para-hydroxylation sites is 3. The van der Waals surface area contributed by atoms with E-state index in [1.807, 2.05) is 42.5 Å². The van der Waals surface area contributed by atoms with E-state index in [-0.39, 0.29) is 11.5 Å². The first-order chi connectivity index (χ1) is 13.2. The largest absolute Gasteiger partial charge is 0.349 e. The number of aromatic nitrogens is 4. The van der Waals surface area contributed by atoms with E-state index < -0.39 is 0 Å². The fraction of sp³-hybridized carbons (Fsp3) is 0.200. The van der Waals surface area contributed by atoms with Gasteiger partial charge in [0.05, 0.1) is 28.5 Å². The molecule has 0 atom stereocenters. The highest BCUT2D eigenvalue weighted by molar-refractivity contribution is 5.78. The van der Waals surface area contributed by atoms with Gasteiger partial charge in [-0.15, -0.1) is 0 Å². The number of nitrogens with one attached hydrogen (secondary N) is 3. The van der Waals surface area contributed by atoms with Crippen LogP contribution in [0.1, 0.15) is 24.5 Å². The predicted octanol–water partition coefficient (Wildman–Crippen LogP) is 2.44. The number of H-pyrrole nitrogens is 2. The van der Waals surface area contributed by atoms with E-state index in [0.29, 0.717) is 42.5 Å². The Morgan fingerprint density at radius 2 is 1.67 bits per heavy atom. The van der Waals surface area contributed by atoms with Gasteiger partial charge in [-0.25, -0.2) is 9.97 Å². The number of hydrogen-bond donors (Lipinski definition) is 3. The smallest absolute Gasteiger partial charge is 0.258 e. The minimum atomic E-state index is -0.148. The van der Waals surface area contributed by atoms with Crippen molar-refractivity contribution in [1.29, 1.82) is 0 Å². The third-order valence-corrected chi connectivity index (χ3v) is 4.37. The highest BCUT2D eigenvalue weighted by atomic mass is 16.1. The van der Waals surface area contributed by atoms with E-state index in [4.69, 9.17) is 0 Å². The SMILES string of the molecule is O=C(CCCc1nc2ccccc2c(=O)[nH]1)NCc1nc2ccccc2[nH]1. The van der Waals surface area contributed by atoms with E-state index in [1.165, 1.54) is 0 Å². The van der Waals surface area contributed by atoms with E-state index in [9.17, 15) is 9.59 Å². The normalized spacial score (nSPS) is 11.1. The number of nitrogens with zero attached hydrogens (tertiary/aromatic N) is 2. The summed E-state index contributed by atoms with van der Waals surface area (Å²) in [5.74, 6) is 1.27. The summed E-state index contributed by atoms with van der Waals surface area (Å²) < 4.78 is 0. The topological polar surface area (TPSA) is 104 Å². The molecule has 136 valence electrons. The number of aromatic amines is 2. The Morgan fingerprint density at radius 1 is 0.926 bits per heavy atom. The van der Waals surface area contributed by atoms with Gasteiger partial charge in [0.25, 0.3) is 5.56 Å². The highest BCUT2D eigenvalue weighted by Gasteiger charge is 2.07. The molecule has 0 unspecified atom stereocenters. The summed E-state index contributed by atoms with van der Waals surface area (Å²) in [5.41, 5.74) is 2.36. The van der Waals surface area contributed by atoms with Gasteiger partial charge < -0.3 is 15.3 Å². The first-order valence-electron chi connectivity index (χ1n) is 8.87. The molecule has 7 nitrogen and oxygen atoms in total. The van der Waals surface area contributed by atoms with E-state index in [2.05, 4.69) is 25.3 Å². The Bertz CT molecular complexity index is 1130. The summed E-state index contributed by atoms with van der Waals surface area (Å²) in [6.07, 6.45) is 1.50. The van der Waals surface area contributed by atoms with Crippen LogP contribution in [-0.4, -0.2) is 25.8 Å². The number of fused-ring (bicyclic) bond motifs is 2. The Kier molecular flexibility index (Phi) is 4.65. The van der Waals surface area contributed by atoms with Gasteiger partial charge in [0.2, 0.25) is 5.91 Å². The molecule has 2 aromatic carbocycles. The molecule has 1 amide bonds. The van der Waals surface area contributed by atoms with Crippen molar-refractivity contribution in [2.45, 2.75) is 25.8 Å². The van der Waals surface area contributed by atoms with Crippen LogP contribution in [-0.2, 0) is 17.8 Å². The van der Waals surface area contributed by atoms with Gasteiger partial charge in [0.15, 0.2) is 0 Å². The third-order valence-electron chi connectivity index (χ3n) is 4.37. The lowest BCUT2D eigenvalue weighted by Gasteiger charge is -2.04. The Labute approximate surface area is 154 Å². The summed E-state index contributed by atoms with van der Waals surface area (Å²) in [6, 6.07) is 15.0. The lowest BCUT2D eigenvalue weighted by molar-refractivity contribution is -0.121. The van der Waals surface area contributed by atoms with E-state index in [1.54, 1.807) is 6.07 Å². The molecule has 3 N–H and O–H groups in total. The summed E-state index contributed by atoms with van der Waals surface area (Å²) in [4.78, 5) is 38.9. The summed E-state index contributed by atoms with van der Waals surface area (Å²) >= 11 is 0. The first kappa shape index (κ1) is 17.0. The lowest BCUT2D eigenvalue weighted by atomic mass is 10.2. The molecule has 0 aliphatic heterocycles. The highest BCUT2D eigenvalue weighted by Crippen LogP contribution is 2.10. The number of aryl methyl sites for hydroxylation is 1. The third kappa shape index (κ3) is 3.87. The average Bonchev–Trinajstić information content (AvgIpc) is 3.09. The number of benzene rings is 2. The maximum Gasteiger partial charge on any atom is 0.258 e. The zero-order valence-electron chi connectivity index (χ0n) is 14.7. The number of hydrogen-bond acceptors (Lipinski definition) is 4. The van der Waals surface area contributed by atoms with Crippen LogP contribution in [0, 0.1) is 0 Å². The molecule has 0 aliphatic rings. The van der Waals surface area contributed by atoms with Crippen LogP contribution in [0.4, 0.5) is 0 Å². The van der Waals surface area contributed by atoms with Crippen molar-refractivity contribution < 1.29 is 4.79 Å². The quantitative estimate of drug-likeness (QED) is 0.491. The van der Waals surface area contributed by atoms with E-state index in [0.717, 1.165) is 16.9 Å². The number of imidazole rings is 1. The molecule has 2 aromatic heterocycles. The van der Waals surface area contributed by atoms with Gasteiger partial charge >= 0.3 is 0 Å². The van der Waals surface area contributed by atoms with Crippen LogP contribution in [0.15, 0.2) is 53.3 Å². The van der Waals surface area contributed by atoms with Crippen LogP contribution >= 0.6 is 0 Å². The number of carbonyl (C=O) groups excluding carboxylic acids is 1. The van der Waals surface area contributed by atoms with Crippen molar-refractivity contribution in [1.82, 2.24) is 25.3 Å². The molecule has 4 aromatic rings. The Hall–Kier alpha value is -3.48. The molecule has 0 bridgehead atoms. The second kappa shape index (κ2) is 7.41. The fourth-order valence-corrected chi connectivity index (χ4v) is 3.03. The van der Waals surface area contributed by atoms with Crippen LogP contribution in [0.3, 0.4) is 0 Å². The van der Waals surface area contributed by atoms with Crippen LogP contribution in [0.25, 0.3) is 21.9 Å². The molecule has 2 heterocycles. The zero-order chi connectivity index (χ0) is 18.6. The minimum Gasteiger partial charge on any atom is -0.349 e. The van der Waals surface area contributed by atoms with Gasteiger partial charge in [-0.1, -0.05) is 24.3 Å². The van der Waals surface area contributed by atoms with Crippen LogP contribution in [0.2, 0.25) is 0 Å². The zero-order valence-corrected chi connectivity index (χ0v) is 14.7. The number of amides is 1. The molecule has 4 rings (SSSR count). The molecule has 0 aliphatic carbocycles. The first-order valence-corrected chi connectivity index (χ1v) is 8.87. The minimum absolute atomic E-state index is 0.0569. The maximum atomic E-state index is 12.1. The van der Waals surface area contributed by atoms with Crippen molar-refractivity contribution in [3.8, 4) is 0 Å². The van der Waals surface area contributed by atoms with Gasteiger partial charge in [0.1, 0.15) is 11.6 Å². The molecule has 7 heteroatoms. The molecule has 0 saturated heterocycles. The summed E-state index contributed by atoms with van der Waals surface area (Å²) in [6.45, 7) is 0.360. The number of rotatable bonds is 6. The number of carbonyl (C=O) groups is 1. The van der Waals surface area contributed by atoms with Gasteiger partial charge in [-0.05, 0) is 30.7 Å². The molecule has 0 fully saturated rings. The fourth-order valence-electron chi connectivity index (χ4n) is 3.03. The second-order valence-corrected chi connectivity index (χ2v) is 6.36. The monoisotopic (exact) mass is 361 g/mol.